The average molecular weight is 228 g/mol. The quantitative estimate of drug-likeness (QED) is 0.649. The third-order valence-electron chi connectivity index (χ3n) is 2.84. The average Bonchev–Trinajstić information content (AvgIpc) is 2.26. The van der Waals surface area contributed by atoms with Gasteiger partial charge >= 0.3 is 0 Å². The monoisotopic (exact) mass is 228 g/mol. The van der Waals surface area contributed by atoms with Crippen molar-refractivity contribution in [3.8, 4) is 0 Å². The zero-order valence-electron chi connectivity index (χ0n) is 10.7. The Kier molecular flexibility index (Phi) is 5.73. The fraction of sp³-hybridized carbons (Fsp3) is 0.909. The van der Waals surface area contributed by atoms with E-state index in [2.05, 4.69) is 10.2 Å². The van der Waals surface area contributed by atoms with Gasteiger partial charge < -0.3 is 15.1 Å². The van der Waals surface area contributed by atoms with Crippen LogP contribution in [0.5, 0.6) is 0 Å². The summed E-state index contributed by atoms with van der Waals surface area (Å²) < 4.78 is 0. The van der Waals surface area contributed by atoms with Gasteiger partial charge in [0, 0.05) is 46.3 Å². The molecular formula is C11H24N4O. The first kappa shape index (κ1) is 13.4. The van der Waals surface area contributed by atoms with Crippen LogP contribution < -0.4 is 5.32 Å². The van der Waals surface area contributed by atoms with Gasteiger partial charge in [-0.15, -0.1) is 0 Å². The number of carbonyl (C=O) groups excluding carboxylic acids is 1. The van der Waals surface area contributed by atoms with Gasteiger partial charge in [-0.2, -0.15) is 0 Å². The number of nitrogens with zero attached hydrogens (tertiary/aromatic N) is 3. The number of piperazine rings is 1. The van der Waals surface area contributed by atoms with Gasteiger partial charge in [0.15, 0.2) is 0 Å². The van der Waals surface area contributed by atoms with Crippen molar-refractivity contribution in [2.45, 2.75) is 0 Å². The van der Waals surface area contributed by atoms with Gasteiger partial charge in [0.2, 0.25) is 5.91 Å². The van der Waals surface area contributed by atoms with Crippen molar-refractivity contribution in [3.05, 3.63) is 0 Å². The normalized spacial score (nSPS) is 17.8. The molecule has 0 atom stereocenters. The summed E-state index contributed by atoms with van der Waals surface area (Å²) in [6, 6.07) is 0. The van der Waals surface area contributed by atoms with Gasteiger partial charge in [0.05, 0.1) is 6.54 Å². The Morgan fingerprint density at radius 1 is 1.25 bits per heavy atom. The van der Waals surface area contributed by atoms with Crippen LogP contribution in [0.2, 0.25) is 0 Å². The summed E-state index contributed by atoms with van der Waals surface area (Å²) in [4.78, 5) is 17.8. The topological polar surface area (TPSA) is 38.8 Å². The van der Waals surface area contributed by atoms with Crippen LogP contribution in [0.25, 0.3) is 0 Å². The van der Waals surface area contributed by atoms with Gasteiger partial charge in [-0.1, -0.05) is 0 Å². The maximum atomic E-state index is 11.7. The second-order valence-electron chi connectivity index (χ2n) is 4.64. The van der Waals surface area contributed by atoms with Crippen LogP contribution in [0.4, 0.5) is 0 Å². The molecule has 0 bridgehead atoms. The maximum Gasteiger partial charge on any atom is 0.236 e. The summed E-state index contributed by atoms with van der Waals surface area (Å²) in [5.74, 6) is 0.195. The van der Waals surface area contributed by atoms with Crippen LogP contribution in [-0.4, -0.2) is 87.6 Å². The lowest BCUT2D eigenvalue weighted by Crippen LogP contribution is -2.47. The van der Waals surface area contributed by atoms with Crippen LogP contribution >= 0.6 is 0 Å². The lowest BCUT2D eigenvalue weighted by Gasteiger charge is -2.29. The highest BCUT2D eigenvalue weighted by atomic mass is 16.2. The Balaban J connectivity index is 2.17. The molecule has 94 valence electrons. The van der Waals surface area contributed by atoms with Crippen LogP contribution in [-0.2, 0) is 4.79 Å². The van der Waals surface area contributed by atoms with Crippen molar-refractivity contribution in [2.75, 3.05) is 67.0 Å². The Labute approximate surface area is 98.4 Å². The van der Waals surface area contributed by atoms with E-state index in [0.29, 0.717) is 6.54 Å². The van der Waals surface area contributed by atoms with E-state index in [9.17, 15) is 4.79 Å². The molecule has 1 aliphatic heterocycles. The largest absolute Gasteiger partial charge is 0.343 e. The molecule has 0 aliphatic carbocycles. The minimum absolute atomic E-state index is 0.195. The maximum absolute atomic E-state index is 11.7. The number of carbonyl (C=O) groups is 1. The van der Waals surface area contributed by atoms with Crippen LogP contribution in [0.15, 0.2) is 0 Å². The van der Waals surface area contributed by atoms with Gasteiger partial charge in [-0.05, 0) is 14.1 Å². The predicted octanol–water partition coefficient (Wildman–Crippen LogP) is -1.09. The standard InChI is InChI=1S/C11H24N4O/c1-13(2)10-11(16)14(3)8-9-15-6-4-12-5-7-15/h12H,4-10H2,1-3H3. The fourth-order valence-corrected chi connectivity index (χ4v) is 1.74. The summed E-state index contributed by atoms with van der Waals surface area (Å²) in [6.45, 7) is 6.62. The fourth-order valence-electron chi connectivity index (χ4n) is 1.74. The molecule has 1 rings (SSSR count). The Morgan fingerprint density at radius 2 is 1.88 bits per heavy atom. The SMILES string of the molecule is CN(C)CC(=O)N(C)CCN1CCNCC1. The summed E-state index contributed by atoms with van der Waals surface area (Å²) >= 11 is 0. The van der Waals surface area contributed by atoms with E-state index in [1.807, 2.05) is 30.9 Å². The Hall–Kier alpha value is -0.650. The summed E-state index contributed by atoms with van der Waals surface area (Å²) in [5, 5.41) is 3.32. The number of likely N-dealkylation sites (N-methyl/N-ethyl adjacent to an activating group) is 2. The number of hydrogen-bond acceptors (Lipinski definition) is 4. The van der Waals surface area contributed by atoms with Gasteiger partial charge in [-0.3, -0.25) is 9.69 Å². The van der Waals surface area contributed by atoms with Gasteiger partial charge in [0.25, 0.3) is 0 Å². The molecule has 0 radical (unpaired) electrons. The number of amides is 1. The van der Waals surface area contributed by atoms with Crippen molar-refractivity contribution in [3.63, 3.8) is 0 Å². The van der Waals surface area contributed by atoms with Crippen LogP contribution in [0.3, 0.4) is 0 Å². The molecule has 1 saturated heterocycles. The molecule has 16 heavy (non-hydrogen) atoms. The molecule has 0 aromatic rings. The van der Waals surface area contributed by atoms with E-state index >= 15 is 0 Å². The highest BCUT2D eigenvalue weighted by Gasteiger charge is 2.13. The molecule has 1 amide bonds. The lowest BCUT2D eigenvalue weighted by molar-refractivity contribution is -0.130. The minimum atomic E-state index is 0.195. The van der Waals surface area contributed by atoms with Crippen molar-refractivity contribution in [2.24, 2.45) is 0 Å². The first-order valence-corrected chi connectivity index (χ1v) is 5.91. The molecule has 1 fully saturated rings. The second-order valence-corrected chi connectivity index (χ2v) is 4.64. The molecule has 0 aromatic heterocycles. The summed E-state index contributed by atoms with van der Waals surface area (Å²) in [6.07, 6.45) is 0. The lowest BCUT2D eigenvalue weighted by atomic mass is 10.3. The highest BCUT2D eigenvalue weighted by Crippen LogP contribution is 1.94. The minimum Gasteiger partial charge on any atom is -0.343 e. The zero-order chi connectivity index (χ0) is 12.0. The molecule has 0 unspecified atom stereocenters. The van der Waals surface area contributed by atoms with Gasteiger partial charge in [0.1, 0.15) is 0 Å². The number of rotatable bonds is 5. The van der Waals surface area contributed by atoms with Crippen molar-refractivity contribution in [1.82, 2.24) is 20.0 Å². The molecule has 1 N–H and O–H groups in total. The van der Waals surface area contributed by atoms with E-state index in [4.69, 9.17) is 0 Å². The molecule has 0 saturated carbocycles. The van der Waals surface area contributed by atoms with E-state index in [1.54, 1.807) is 0 Å². The predicted molar refractivity (Wildman–Crippen MR) is 65.5 cm³/mol. The molecular weight excluding hydrogens is 204 g/mol. The molecule has 1 heterocycles. The highest BCUT2D eigenvalue weighted by molar-refractivity contribution is 5.77. The Bertz CT molecular complexity index is 214. The van der Waals surface area contributed by atoms with Crippen molar-refractivity contribution >= 4 is 5.91 Å². The van der Waals surface area contributed by atoms with E-state index in [-0.39, 0.29) is 5.91 Å². The zero-order valence-corrected chi connectivity index (χ0v) is 10.7. The summed E-state index contributed by atoms with van der Waals surface area (Å²) in [5.41, 5.74) is 0. The molecule has 5 nitrogen and oxygen atoms in total. The van der Waals surface area contributed by atoms with E-state index < -0.39 is 0 Å². The molecule has 0 spiro atoms. The van der Waals surface area contributed by atoms with Crippen molar-refractivity contribution < 1.29 is 4.79 Å². The molecule has 5 heteroatoms. The third-order valence-corrected chi connectivity index (χ3v) is 2.84. The number of nitrogens with one attached hydrogen (secondary N) is 1. The summed E-state index contributed by atoms with van der Waals surface area (Å²) in [7, 11) is 5.72. The van der Waals surface area contributed by atoms with Crippen LogP contribution in [0, 0.1) is 0 Å². The molecule has 1 aliphatic rings. The first-order chi connectivity index (χ1) is 7.59. The van der Waals surface area contributed by atoms with E-state index in [0.717, 1.165) is 39.3 Å². The van der Waals surface area contributed by atoms with Crippen molar-refractivity contribution in [1.29, 1.82) is 0 Å². The Morgan fingerprint density at radius 3 is 2.44 bits per heavy atom. The third kappa shape index (κ3) is 4.92. The molecule has 0 aromatic carbocycles. The smallest absolute Gasteiger partial charge is 0.236 e. The first-order valence-electron chi connectivity index (χ1n) is 5.91. The van der Waals surface area contributed by atoms with E-state index in [1.165, 1.54) is 0 Å². The second kappa shape index (κ2) is 6.83. The van der Waals surface area contributed by atoms with Crippen LogP contribution in [0.1, 0.15) is 0 Å². The van der Waals surface area contributed by atoms with Gasteiger partial charge in [-0.25, -0.2) is 0 Å². The number of hydrogen-bond donors (Lipinski definition) is 1.